The summed E-state index contributed by atoms with van der Waals surface area (Å²) in [5.41, 5.74) is 2.66. The monoisotopic (exact) mass is 279 g/mol. The third kappa shape index (κ3) is 3.14. The molecule has 3 heteroatoms. The van der Waals surface area contributed by atoms with Gasteiger partial charge in [-0.05, 0) is 31.2 Å². The zero-order valence-electron chi connectivity index (χ0n) is 11.9. The third-order valence-corrected chi connectivity index (χ3v) is 3.41. The van der Waals surface area contributed by atoms with Gasteiger partial charge in [0.2, 0.25) is 0 Å². The maximum absolute atomic E-state index is 12.0. The Bertz CT molecular complexity index is 740. The number of para-hydroxylation sites is 1. The van der Waals surface area contributed by atoms with Crippen LogP contribution in [0, 0.1) is 6.92 Å². The van der Waals surface area contributed by atoms with E-state index in [-0.39, 0.29) is 5.91 Å². The fraction of sp³-hybridized carbons (Fsp3) is 0.167. The molecular weight excluding hydrogens is 262 g/mol. The van der Waals surface area contributed by atoms with E-state index in [2.05, 4.69) is 5.32 Å². The Morgan fingerprint density at radius 1 is 1.10 bits per heavy atom. The van der Waals surface area contributed by atoms with Crippen LogP contribution < -0.4 is 5.32 Å². The average Bonchev–Trinajstić information content (AvgIpc) is 2.89. The van der Waals surface area contributed by atoms with Crippen molar-refractivity contribution in [3.63, 3.8) is 0 Å². The highest BCUT2D eigenvalue weighted by Gasteiger charge is 2.06. The predicted octanol–water partition coefficient (Wildman–Crippen LogP) is 3.71. The highest BCUT2D eigenvalue weighted by atomic mass is 16.3. The van der Waals surface area contributed by atoms with Crippen molar-refractivity contribution in [2.24, 2.45) is 0 Å². The third-order valence-electron chi connectivity index (χ3n) is 3.41. The number of fused-ring (bicyclic) bond motifs is 1. The number of amides is 1. The molecule has 0 aliphatic rings. The first kappa shape index (κ1) is 13.4. The van der Waals surface area contributed by atoms with Gasteiger partial charge in [-0.3, -0.25) is 4.79 Å². The molecule has 0 radical (unpaired) electrons. The van der Waals surface area contributed by atoms with E-state index >= 15 is 0 Å². The van der Waals surface area contributed by atoms with Crippen molar-refractivity contribution < 1.29 is 9.21 Å². The summed E-state index contributed by atoms with van der Waals surface area (Å²) in [7, 11) is 0. The minimum Gasteiger partial charge on any atom is -0.461 e. The molecule has 0 saturated heterocycles. The van der Waals surface area contributed by atoms with Crippen LogP contribution in [0.25, 0.3) is 11.0 Å². The molecule has 0 atom stereocenters. The topological polar surface area (TPSA) is 42.2 Å². The van der Waals surface area contributed by atoms with Crippen molar-refractivity contribution in [3.8, 4) is 0 Å². The van der Waals surface area contributed by atoms with Crippen LogP contribution in [0.5, 0.6) is 0 Å². The number of hydrogen-bond acceptors (Lipinski definition) is 2. The molecule has 3 nitrogen and oxygen atoms in total. The van der Waals surface area contributed by atoms with E-state index in [0.29, 0.717) is 18.5 Å². The largest absolute Gasteiger partial charge is 0.461 e. The standard InChI is InChI=1S/C18H17NO2/c1-13-5-4-7-15(11-13)18(20)19-10-9-16-12-14-6-2-3-8-17(14)21-16/h2-8,11-12H,9-10H2,1H3,(H,19,20). The molecule has 0 spiro atoms. The van der Waals surface area contributed by atoms with E-state index in [9.17, 15) is 4.79 Å². The van der Waals surface area contributed by atoms with E-state index in [1.165, 1.54) is 0 Å². The average molecular weight is 279 g/mol. The van der Waals surface area contributed by atoms with Gasteiger partial charge in [0.15, 0.2) is 0 Å². The maximum atomic E-state index is 12.0. The van der Waals surface area contributed by atoms with Crippen LogP contribution in [-0.2, 0) is 6.42 Å². The van der Waals surface area contributed by atoms with Crippen molar-refractivity contribution >= 4 is 16.9 Å². The maximum Gasteiger partial charge on any atom is 0.251 e. The molecule has 3 rings (SSSR count). The van der Waals surface area contributed by atoms with Gasteiger partial charge < -0.3 is 9.73 Å². The number of rotatable bonds is 4. The first-order valence-electron chi connectivity index (χ1n) is 7.05. The molecule has 0 unspecified atom stereocenters. The molecule has 1 N–H and O–H groups in total. The second-order valence-corrected chi connectivity index (χ2v) is 5.13. The smallest absolute Gasteiger partial charge is 0.251 e. The SMILES string of the molecule is Cc1cccc(C(=O)NCCc2cc3ccccc3o2)c1. The summed E-state index contributed by atoms with van der Waals surface area (Å²) in [6, 6.07) is 17.5. The van der Waals surface area contributed by atoms with E-state index in [0.717, 1.165) is 22.3 Å². The fourth-order valence-corrected chi connectivity index (χ4v) is 2.35. The Morgan fingerprint density at radius 2 is 1.95 bits per heavy atom. The van der Waals surface area contributed by atoms with Gasteiger partial charge in [0, 0.05) is 23.9 Å². The summed E-state index contributed by atoms with van der Waals surface area (Å²) >= 11 is 0. The molecular formula is C18H17NO2. The molecule has 1 aromatic heterocycles. The molecule has 1 amide bonds. The van der Waals surface area contributed by atoms with E-state index in [1.807, 2.05) is 61.5 Å². The molecule has 0 aliphatic heterocycles. The van der Waals surface area contributed by atoms with Gasteiger partial charge in [0.05, 0.1) is 0 Å². The van der Waals surface area contributed by atoms with E-state index in [1.54, 1.807) is 0 Å². The lowest BCUT2D eigenvalue weighted by atomic mass is 10.1. The van der Waals surface area contributed by atoms with E-state index in [4.69, 9.17) is 4.42 Å². The van der Waals surface area contributed by atoms with Crippen molar-refractivity contribution in [3.05, 3.63) is 71.5 Å². The number of furan rings is 1. The van der Waals surface area contributed by atoms with Crippen LogP contribution in [0.15, 0.2) is 59.0 Å². The molecule has 0 fully saturated rings. The van der Waals surface area contributed by atoms with Gasteiger partial charge in [0.25, 0.3) is 5.91 Å². The number of hydrogen-bond donors (Lipinski definition) is 1. The van der Waals surface area contributed by atoms with Crippen molar-refractivity contribution in [1.82, 2.24) is 5.32 Å². The second kappa shape index (κ2) is 5.83. The minimum atomic E-state index is -0.0465. The number of aryl methyl sites for hydroxylation is 1. The summed E-state index contributed by atoms with van der Waals surface area (Å²) in [4.78, 5) is 12.0. The summed E-state index contributed by atoms with van der Waals surface area (Å²) in [6.07, 6.45) is 0.687. The second-order valence-electron chi connectivity index (χ2n) is 5.13. The van der Waals surface area contributed by atoms with Crippen LogP contribution in [0.1, 0.15) is 21.7 Å². The molecule has 106 valence electrons. The lowest BCUT2D eigenvalue weighted by molar-refractivity contribution is 0.0953. The zero-order chi connectivity index (χ0) is 14.7. The Labute approximate surface area is 123 Å². The Morgan fingerprint density at radius 3 is 2.76 bits per heavy atom. The van der Waals surface area contributed by atoms with Gasteiger partial charge >= 0.3 is 0 Å². The van der Waals surface area contributed by atoms with Crippen LogP contribution in [-0.4, -0.2) is 12.5 Å². The molecule has 2 aromatic carbocycles. The van der Waals surface area contributed by atoms with Crippen LogP contribution >= 0.6 is 0 Å². The quantitative estimate of drug-likeness (QED) is 0.791. The normalized spacial score (nSPS) is 10.7. The zero-order valence-corrected chi connectivity index (χ0v) is 11.9. The summed E-state index contributed by atoms with van der Waals surface area (Å²) in [5, 5.41) is 4.01. The van der Waals surface area contributed by atoms with Crippen molar-refractivity contribution in [2.75, 3.05) is 6.54 Å². The summed E-state index contributed by atoms with van der Waals surface area (Å²) in [6.45, 7) is 2.54. The van der Waals surface area contributed by atoms with Crippen LogP contribution in [0.4, 0.5) is 0 Å². The molecule has 0 bridgehead atoms. The highest BCUT2D eigenvalue weighted by molar-refractivity contribution is 5.94. The Hall–Kier alpha value is -2.55. The minimum absolute atomic E-state index is 0.0465. The number of carbonyl (C=O) groups is 1. The van der Waals surface area contributed by atoms with Crippen molar-refractivity contribution in [2.45, 2.75) is 13.3 Å². The first-order chi connectivity index (χ1) is 10.2. The molecule has 1 heterocycles. The molecule has 0 saturated carbocycles. The van der Waals surface area contributed by atoms with Gasteiger partial charge in [0.1, 0.15) is 11.3 Å². The van der Waals surface area contributed by atoms with Crippen LogP contribution in [0.3, 0.4) is 0 Å². The Balaban J connectivity index is 1.59. The van der Waals surface area contributed by atoms with Gasteiger partial charge in [-0.25, -0.2) is 0 Å². The van der Waals surface area contributed by atoms with E-state index < -0.39 is 0 Å². The predicted molar refractivity (Wildman–Crippen MR) is 83.4 cm³/mol. The van der Waals surface area contributed by atoms with Gasteiger partial charge in [-0.1, -0.05) is 35.9 Å². The molecule has 0 aliphatic carbocycles. The fourth-order valence-electron chi connectivity index (χ4n) is 2.35. The van der Waals surface area contributed by atoms with Gasteiger partial charge in [-0.2, -0.15) is 0 Å². The molecule has 21 heavy (non-hydrogen) atoms. The highest BCUT2D eigenvalue weighted by Crippen LogP contribution is 2.18. The first-order valence-corrected chi connectivity index (χ1v) is 7.05. The number of carbonyl (C=O) groups excluding carboxylic acids is 1. The number of nitrogens with one attached hydrogen (secondary N) is 1. The lowest BCUT2D eigenvalue weighted by Gasteiger charge is -2.04. The van der Waals surface area contributed by atoms with Crippen LogP contribution in [0.2, 0.25) is 0 Å². The summed E-state index contributed by atoms with van der Waals surface area (Å²) in [5.74, 6) is 0.843. The molecule has 3 aromatic rings. The summed E-state index contributed by atoms with van der Waals surface area (Å²) < 4.78 is 5.72. The Kier molecular flexibility index (Phi) is 3.73. The number of benzene rings is 2. The lowest BCUT2D eigenvalue weighted by Crippen LogP contribution is -2.25. The van der Waals surface area contributed by atoms with Crippen molar-refractivity contribution in [1.29, 1.82) is 0 Å². The van der Waals surface area contributed by atoms with Gasteiger partial charge in [-0.15, -0.1) is 0 Å².